The Hall–Kier alpha value is -1.60. The van der Waals surface area contributed by atoms with Crippen molar-refractivity contribution < 1.29 is 15.0 Å². The van der Waals surface area contributed by atoms with Gasteiger partial charge in [0.05, 0.1) is 31.1 Å². The smallest absolute Gasteiger partial charge is 0.272 e. The van der Waals surface area contributed by atoms with Crippen molar-refractivity contribution in [3.05, 3.63) is 11.9 Å². The van der Waals surface area contributed by atoms with Gasteiger partial charge in [-0.25, -0.2) is 0 Å². The van der Waals surface area contributed by atoms with Gasteiger partial charge in [0.25, 0.3) is 5.91 Å². The molecule has 1 heterocycles. The molecule has 0 aliphatic heterocycles. The van der Waals surface area contributed by atoms with Crippen LogP contribution < -0.4 is 11.1 Å². The van der Waals surface area contributed by atoms with E-state index in [0.717, 1.165) is 0 Å². The maximum atomic E-state index is 11.6. The molecule has 0 aromatic carbocycles. The number of anilines is 1. The minimum atomic E-state index is -0.688. The largest absolute Gasteiger partial charge is 0.396 e. The van der Waals surface area contributed by atoms with Gasteiger partial charge in [-0.1, -0.05) is 0 Å². The summed E-state index contributed by atoms with van der Waals surface area (Å²) in [6.45, 7) is -0.667. The summed E-state index contributed by atoms with van der Waals surface area (Å²) >= 11 is 0. The molecular weight excluding hydrogens is 200 g/mol. The molecular formula is C8H14N4O3. The van der Waals surface area contributed by atoms with Gasteiger partial charge in [-0.2, -0.15) is 5.10 Å². The van der Waals surface area contributed by atoms with Crippen LogP contribution in [0.5, 0.6) is 0 Å². The first-order valence-electron chi connectivity index (χ1n) is 4.40. The Labute approximate surface area is 86.5 Å². The van der Waals surface area contributed by atoms with Crippen LogP contribution in [0.15, 0.2) is 6.20 Å². The number of carbonyl (C=O) groups is 1. The van der Waals surface area contributed by atoms with Crippen molar-refractivity contribution in [2.45, 2.75) is 6.04 Å². The van der Waals surface area contributed by atoms with Crippen LogP contribution in [0.2, 0.25) is 0 Å². The van der Waals surface area contributed by atoms with Crippen molar-refractivity contribution in [1.82, 2.24) is 15.1 Å². The number of hydrogen-bond donors (Lipinski definition) is 4. The molecule has 0 radical (unpaired) electrons. The number of aryl methyl sites for hydroxylation is 1. The van der Waals surface area contributed by atoms with Crippen LogP contribution in [0, 0.1) is 0 Å². The lowest BCUT2D eigenvalue weighted by Gasteiger charge is -2.13. The third-order valence-electron chi connectivity index (χ3n) is 1.96. The molecule has 0 spiro atoms. The van der Waals surface area contributed by atoms with Crippen molar-refractivity contribution in [3.63, 3.8) is 0 Å². The highest BCUT2D eigenvalue weighted by molar-refractivity contribution is 5.97. The molecule has 1 rings (SSSR count). The van der Waals surface area contributed by atoms with E-state index in [2.05, 4.69) is 10.4 Å². The number of nitrogen functional groups attached to an aromatic ring is 1. The monoisotopic (exact) mass is 214 g/mol. The Kier molecular flexibility index (Phi) is 3.64. The molecule has 0 bridgehead atoms. The number of hydrogen-bond acceptors (Lipinski definition) is 5. The summed E-state index contributed by atoms with van der Waals surface area (Å²) in [6.07, 6.45) is 1.36. The highest BCUT2D eigenvalue weighted by atomic mass is 16.3. The predicted octanol–water partition coefficient (Wildman–Crippen LogP) is -1.91. The Morgan fingerprint density at radius 3 is 2.67 bits per heavy atom. The van der Waals surface area contributed by atoms with Crippen LogP contribution in [0.4, 0.5) is 5.69 Å². The van der Waals surface area contributed by atoms with Crippen molar-refractivity contribution in [1.29, 1.82) is 0 Å². The quantitative estimate of drug-likeness (QED) is 0.467. The summed E-state index contributed by atoms with van der Waals surface area (Å²) in [7, 11) is 1.58. The number of nitrogens with two attached hydrogens (primary N) is 1. The summed E-state index contributed by atoms with van der Waals surface area (Å²) in [5.74, 6) is -0.472. The van der Waals surface area contributed by atoms with E-state index in [-0.39, 0.29) is 24.6 Å². The highest BCUT2D eigenvalue weighted by Gasteiger charge is 2.17. The number of aliphatic hydroxyl groups excluding tert-OH is 2. The Morgan fingerprint density at radius 2 is 2.27 bits per heavy atom. The number of nitrogens with zero attached hydrogens (tertiary/aromatic N) is 2. The van der Waals surface area contributed by atoms with Gasteiger partial charge in [-0.3, -0.25) is 9.48 Å². The minimum Gasteiger partial charge on any atom is -0.396 e. The molecule has 0 saturated carbocycles. The number of amides is 1. The molecule has 7 nitrogen and oxygen atoms in total. The number of rotatable bonds is 4. The zero-order chi connectivity index (χ0) is 11.4. The molecule has 1 aromatic heterocycles. The van der Waals surface area contributed by atoms with E-state index in [0.29, 0.717) is 0 Å². The Bertz CT molecular complexity index is 326. The number of nitrogens with one attached hydrogen (secondary N) is 1. The molecule has 0 aliphatic rings. The second-order valence-corrected chi connectivity index (χ2v) is 3.11. The lowest BCUT2D eigenvalue weighted by molar-refractivity contribution is 0.0871. The van der Waals surface area contributed by atoms with Gasteiger partial charge < -0.3 is 21.3 Å². The fraction of sp³-hybridized carbons (Fsp3) is 0.500. The van der Waals surface area contributed by atoms with Crippen molar-refractivity contribution >= 4 is 11.6 Å². The molecule has 0 saturated heterocycles. The van der Waals surface area contributed by atoms with E-state index in [9.17, 15) is 4.79 Å². The van der Waals surface area contributed by atoms with Gasteiger partial charge in [0.15, 0.2) is 0 Å². The lowest BCUT2D eigenvalue weighted by atomic mass is 10.3. The van der Waals surface area contributed by atoms with Crippen LogP contribution in [0.25, 0.3) is 0 Å². The molecule has 0 unspecified atom stereocenters. The first-order valence-corrected chi connectivity index (χ1v) is 4.40. The highest BCUT2D eigenvalue weighted by Crippen LogP contribution is 2.08. The van der Waals surface area contributed by atoms with Gasteiger partial charge in [-0.05, 0) is 0 Å². The summed E-state index contributed by atoms with van der Waals surface area (Å²) in [5, 5.41) is 23.8. The fourth-order valence-electron chi connectivity index (χ4n) is 1.14. The van der Waals surface area contributed by atoms with Crippen LogP contribution in [0.3, 0.4) is 0 Å². The van der Waals surface area contributed by atoms with E-state index in [1.165, 1.54) is 10.9 Å². The molecule has 0 atom stereocenters. The first kappa shape index (κ1) is 11.5. The van der Waals surface area contributed by atoms with E-state index in [1.807, 2.05) is 0 Å². The van der Waals surface area contributed by atoms with Crippen LogP contribution >= 0.6 is 0 Å². The average Bonchev–Trinajstić information content (AvgIpc) is 2.55. The molecule has 15 heavy (non-hydrogen) atoms. The first-order chi connectivity index (χ1) is 7.10. The average molecular weight is 214 g/mol. The normalized spacial score (nSPS) is 10.7. The van der Waals surface area contributed by atoms with Gasteiger partial charge in [-0.15, -0.1) is 0 Å². The maximum Gasteiger partial charge on any atom is 0.272 e. The maximum absolute atomic E-state index is 11.6. The molecule has 1 aromatic rings. The van der Waals surface area contributed by atoms with Crippen molar-refractivity contribution in [2.24, 2.45) is 7.05 Å². The summed E-state index contributed by atoms with van der Waals surface area (Å²) in [5.41, 5.74) is 6.00. The van der Waals surface area contributed by atoms with Gasteiger partial charge in [0.2, 0.25) is 0 Å². The van der Waals surface area contributed by atoms with Crippen LogP contribution in [-0.2, 0) is 7.05 Å². The van der Waals surface area contributed by atoms with E-state index < -0.39 is 11.9 Å². The minimum absolute atomic E-state index is 0.210. The van der Waals surface area contributed by atoms with Crippen molar-refractivity contribution in [2.75, 3.05) is 18.9 Å². The Balaban J connectivity index is 2.77. The zero-order valence-electron chi connectivity index (χ0n) is 8.34. The number of carbonyl (C=O) groups excluding carboxylic acids is 1. The summed E-state index contributed by atoms with van der Waals surface area (Å²) in [4.78, 5) is 11.6. The van der Waals surface area contributed by atoms with E-state index in [1.54, 1.807) is 7.05 Å². The lowest BCUT2D eigenvalue weighted by Crippen LogP contribution is -2.41. The molecule has 84 valence electrons. The SMILES string of the molecule is Cn1ncc(N)c1C(=O)NC(CO)CO. The number of aliphatic hydroxyl groups is 2. The second kappa shape index (κ2) is 4.76. The molecule has 5 N–H and O–H groups in total. The second-order valence-electron chi connectivity index (χ2n) is 3.11. The van der Waals surface area contributed by atoms with Gasteiger partial charge in [0, 0.05) is 7.05 Å². The topological polar surface area (TPSA) is 113 Å². The standard InChI is InChI=1S/C8H14N4O3/c1-12-7(6(9)2-10-12)8(15)11-5(3-13)4-14/h2,5,13-14H,3-4,9H2,1H3,(H,11,15). The van der Waals surface area contributed by atoms with Gasteiger partial charge >= 0.3 is 0 Å². The molecule has 7 heteroatoms. The Morgan fingerprint density at radius 1 is 1.67 bits per heavy atom. The third kappa shape index (κ3) is 2.45. The number of aromatic nitrogens is 2. The summed E-state index contributed by atoms with van der Waals surface area (Å²) in [6, 6.07) is -0.688. The van der Waals surface area contributed by atoms with Crippen LogP contribution in [-0.4, -0.2) is 45.2 Å². The molecule has 1 amide bonds. The fourth-order valence-corrected chi connectivity index (χ4v) is 1.14. The predicted molar refractivity (Wildman–Crippen MR) is 53.0 cm³/mol. The zero-order valence-corrected chi connectivity index (χ0v) is 8.34. The van der Waals surface area contributed by atoms with E-state index in [4.69, 9.17) is 15.9 Å². The molecule has 0 fully saturated rings. The van der Waals surface area contributed by atoms with Crippen molar-refractivity contribution in [3.8, 4) is 0 Å². The third-order valence-corrected chi connectivity index (χ3v) is 1.96. The van der Waals surface area contributed by atoms with E-state index >= 15 is 0 Å². The summed E-state index contributed by atoms with van der Waals surface area (Å²) < 4.78 is 1.33. The van der Waals surface area contributed by atoms with Gasteiger partial charge in [0.1, 0.15) is 5.69 Å². The van der Waals surface area contributed by atoms with Crippen LogP contribution in [0.1, 0.15) is 10.5 Å². The molecule has 0 aliphatic carbocycles.